The number of rotatable bonds is 5. The summed E-state index contributed by atoms with van der Waals surface area (Å²) in [7, 11) is 0. The SMILES string of the molecule is CCc1nc(NC(=O)C(C)CCN)sc1C. The second-order valence-electron chi connectivity index (χ2n) is 3.84. The zero-order valence-electron chi connectivity index (χ0n) is 10.0. The molecule has 0 fully saturated rings. The molecule has 1 aromatic rings. The van der Waals surface area contributed by atoms with Crippen LogP contribution in [0.5, 0.6) is 0 Å². The lowest BCUT2D eigenvalue weighted by atomic mass is 10.1. The third kappa shape index (κ3) is 3.28. The lowest BCUT2D eigenvalue weighted by Crippen LogP contribution is -2.22. The fourth-order valence-electron chi connectivity index (χ4n) is 1.42. The van der Waals surface area contributed by atoms with Crippen molar-refractivity contribution >= 4 is 22.4 Å². The van der Waals surface area contributed by atoms with Crippen molar-refractivity contribution in [2.24, 2.45) is 11.7 Å². The van der Waals surface area contributed by atoms with Gasteiger partial charge in [-0.05, 0) is 26.3 Å². The molecule has 0 spiro atoms. The molecule has 3 N–H and O–H groups in total. The number of nitrogens with one attached hydrogen (secondary N) is 1. The first-order valence-corrected chi connectivity index (χ1v) is 6.37. The van der Waals surface area contributed by atoms with Crippen LogP contribution in [0.1, 0.15) is 30.8 Å². The minimum atomic E-state index is -0.0562. The predicted octanol–water partition coefficient (Wildman–Crippen LogP) is 1.94. The molecule has 1 amide bonds. The summed E-state index contributed by atoms with van der Waals surface area (Å²) in [5, 5.41) is 3.53. The molecule has 90 valence electrons. The van der Waals surface area contributed by atoms with E-state index in [4.69, 9.17) is 5.73 Å². The Labute approximate surface area is 100 Å². The van der Waals surface area contributed by atoms with Crippen LogP contribution in [0, 0.1) is 12.8 Å². The second-order valence-corrected chi connectivity index (χ2v) is 5.05. The van der Waals surface area contributed by atoms with Gasteiger partial charge in [0.2, 0.25) is 5.91 Å². The van der Waals surface area contributed by atoms with Gasteiger partial charge in [0.05, 0.1) is 5.69 Å². The summed E-state index contributed by atoms with van der Waals surface area (Å²) in [6.45, 7) is 6.50. The Morgan fingerprint density at radius 3 is 2.81 bits per heavy atom. The van der Waals surface area contributed by atoms with E-state index < -0.39 is 0 Å². The topological polar surface area (TPSA) is 68.0 Å². The highest BCUT2D eigenvalue weighted by Gasteiger charge is 2.14. The molecular formula is C11H19N3OS. The number of aromatic nitrogens is 1. The van der Waals surface area contributed by atoms with Crippen molar-refractivity contribution in [2.45, 2.75) is 33.6 Å². The Morgan fingerprint density at radius 1 is 1.62 bits per heavy atom. The van der Waals surface area contributed by atoms with Gasteiger partial charge in [-0.2, -0.15) is 0 Å². The van der Waals surface area contributed by atoms with E-state index in [0.717, 1.165) is 12.1 Å². The number of nitrogens with two attached hydrogens (primary N) is 1. The molecule has 1 rings (SSSR count). The molecule has 0 aliphatic heterocycles. The maximum Gasteiger partial charge on any atom is 0.229 e. The predicted molar refractivity (Wildman–Crippen MR) is 67.7 cm³/mol. The number of aryl methyl sites for hydroxylation is 2. The number of amides is 1. The molecule has 16 heavy (non-hydrogen) atoms. The van der Waals surface area contributed by atoms with Crippen LogP contribution in [0.4, 0.5) is 5.13 Å². The average molecular weight is 241 g/mol. The van der Waals surface area contributed by atoms with E-state index in [-0.39, 0.29) is 11.8 Å². The second kappa shape index (κ2) is 5.96. The fourth-order valence-corrected chi connectivity index (χ4v) is 2.32. The monoisotopic (exact) mass is 241 g/mol. The molecule has 1 unspecified atom stereocenters. The molecule has 0 radical (unpaired) electrons. The zero-order chi connectivity index (χ0) is 12.1. The van der Waals surface area contributed by atoms with Crippen molar-refractivity contribution in [3.63, 3.8) is 0 Å². The fraction of sp³-hybridized carbons (Fsp3) is 0.636. The Balaban J connectivity index is 2.62. The summed E-state index contributed by atoms with van der Waals surface area (Å²) in [5.74, 6) is -0.0545. The normalized spacial score (nSPS) is 12.5. The first-order valence-electron chi connectivity index (χ1n) is 5.55. The van der Waals surface area contributed by atoms with Crippen molar-refractivity contribution < 1.29 is 4.79 Å². The van der Waals surface area contributed by atoms with Crippen molar-refractivity contribution in [3.8, 4) is 0 Å². The Hall–Kier alpha value is -0.940. The van der Waals surface area contributed by atoms with Gasteiger partial charge in [-0.25, -0.2) is 4.98 Å². The number of hydrogen-bond donors (Lipinski definition) is 2. The largest absolute Gasteiger partial charge is 0.330 e. The van der Waals surface area contributed by atoms with Crippen LogP contribution in [0.15, 0.2) is 0 Å². The lowest BCUT2D eigenvalue weighted by molar-refractivity contribution is -0.119. The van der Waals surface area contributed by atoms with E-state index in [2.05, 4.69) is 17.2 Å². The van der Waals surface area contributed by atoms with Crippen LogP contribution in [-0.2, 0) is 11.2 Å². The van der Waals surface area contributed by atoms with E-state index in [1.807, 2.05) is 13.8 Å². The number of anilines is 1. The van der Waals surface area contributed by atoms with Crippen LogP contribution in [0.3, 0.4) is 0 Å². The summed E-state index contributed by atoms with van der Waals surface area (Å²) in [6.07, 6.45) is 1.60. The van der Waals surface area contributed by atoms with E-state index in [1.165, 1.54) is 16.2 Å². The van der Waals surface area contributed by atoms with E-state index in [1.54, 1.807) is 0 Å². The van der Waals surface area contributed by atoms with Gasteiger partial charge >= 0.3 is 0 Å². The quantitative estimate of drug-likeness (QED) is 0.827. The van der Waals surface area contributed by atoms with Gasteiger partial charge in [0.1, 0.15) is 0 Å². The number of carbonyl (C=O) groups is 1. The zero-order valence-corrected chi connectivity index (χ0v) is 10.9. The summed E-state index contributed by atoms with van der Waals surface area (Å²) in [6, 6.07) is 0. The smallest absolute Gasteiger partial charge is 0.229 e. The average Bonchev–Trinajstić information content (AvgIpc) is 2.59. The van der Waals surface area contributed by atoms with E-state index in [0.29, 0.717) is 18.1 Å². The van der Waals surface area contributed by atoms with Crippen LogP contribution in [0.25, 0.3) is 0 Å². The standard InChI is InChI=1S/C11H19N3OS/c1-4-9-8(3)16-11(13-9)14-10(15)7(2)5-6-12/h7H,4-6,12H2,1-3H3,(H,13,14,15). The highest BCUT2D eigenvalue weighted by molar-refractivity contribution is 7.15. The molecule has 0 saturated carbocycles. The Bertz CT molecular complexity index is 362. The van der Waals surface area contributed by atoms with Gasteiger partial charge in [0.25, 0.3) is 0 Å². The molecule has 5 heteroatoms. The molecule has 1 atom stereocenters. The molecule has 4 nitrogen and oxygen atoms in total. The number of thiazole rings is 1. The van der Waals surface area contributed by atoms with Gasteiger partial charge in [-0.3, -0.25) is 4.79 Å². The molecule has 0 saturated heterocycles. The van der Waals surface area contributed by atoms with E-state index in [9.17, 15) is 4.79 Å². The maximum absolute atomic E-state index is 11.7. The van der Waals surface area contributed by atoms with Gasteiger partial charge < -0.3 is 11.1 Å². The number of carbonyl (C=O) groups excluding carboxylic acids is 1. The van der Waals surface area contributed by atoms with Gasteiger partial charge in [-0.1, -0.05) is 13.8 Å². The summed E-state index contributed by atoms with van der Waals surface area (Å²) >= 11 is 1.53. The summed E-state index contributed by atoms with van der Waals surface area (Å²) in [5.41, 5.74) is 6.48. The molecule has 0 aromatic carbocycles. The van der Waals surface area contributed by atoms with Crippen molar-refractivity contribution in [1.29, 1.82) is 0 Å². The van der Waals surface area contributed by atoms with Crippen LogP contribution in [-0.4, -0.2) is 17.4 Å². The third-order valence-electron chi connectivity index (χ3n) is 2.50. The van der Waals surface area contributed by atoms with Crippen molar-refractivity contribution in [2.75, 3.05) is 11.9 Å². The van der Waals surface area contributed by atoms with Crippen LogP contribution in [0.2, 0.25) is 0 Å². The Kier molecular flexibility index (Phi) is 4.89. The molecule has 1 aromatic heterocycles. The van der Waals surface area contributed by atoms with Gasteiger partial charge in [0.15, 0.2) is 5.13 Å². The third-order valence-corrected chi connectivity index (χ3v) is 3.43. The first kappa shape index (κ1) is 13.1. The molecule has 1 heterocycles. The Morgan fingerprint density at radius 2 is 2.31 bits per heavy atom. The maximum atomic E-state index is 11.7. The first-order chi connectivity index (χ1) is 7.58. The molecule has 0 bridgehead atoms. The van der Waals surface area contributed by atoms with Gasteiger partial charge in [-0.15, -0.1) is 11.3 Å². The highest BCUT2D eigenvalue weighted by Crippen LogP contribution is 2.22. The molecular weight excluding hydrogens is 222 g/mol. The van der Waals surface area contributed by atoms with Crippen molar-refractivity contribution in [3.05, 3.63) is 10.6 Å². The minimum Gasteiger partial charge on any atom is -0.330 e. The van der Waals surface area contributed by atoms with Crippen molar-refractivity contribution in [1.82, 2.24) is 4.98 Å². The summed E-state index contributed by atoms with van der Waals surface area (Å²) in [4.78, 5) is 17.2. The summed E-state index contributed by atoms with van der Waals surface area (Å²) < 4.78 is 0. The number of nitrogens with zero attached hydrogens (tertiary/aromatic N) is 1. The highest BCUT2D eigenvalue weighted by atomic mass is 32.1. The van der Waals surface area contributed by atoms with Crippen LogP contribution < -0.4 is 11.1 Å². The number of hydrogen-bond acceptors (Lipinski definition) is 4. The minimum absolute atomic E-state index is 0.00172. The lowest BCUT2D eigenvalue weighted by Gasteiger charge is -2.08. The van der Waals surface area contributed by atoms with Gasteiger partial charge in [0, 0.05) is 10.8 Å². The van der Waals surface area contributed by atoms with Crippen LogP contribution >= 0.6 is 11.3 Å². The molecule has 0 aliphatic rings. The molecule has 0 aliphatic carbocycles. The van der Waals surface area contributed by atoms with E-state index >= 15 is 0 Å².